The number of benzene rings is 1. The fourth-order valence-corrected chi connectivity index (χ4v) is 2.27. The minimum absolute atomic E-state index is 0.593. The number of nitrogens with one attached hydrogen (secondary N) is 2. The highest BCUT2D eigenvalue weighted by atomic mass is 14.9. The van der Waals surface area contributed by atoms with Gasteiger partial charge in [0.1, 0.15) is 0 Å². The van der Waals surface area contributed by atoms with Gasteiger partial charge in [-0.1, -0.05) is 38.1 Å². The highest BCUT2D eigenvalue weighted by Crippen LogP contribution is 2.17. The van der Waals surface area contributed by atoms with E-state index in [0.29, 0.717) is 12.1 Å². The van der Waals surface area contributed by atoms with Crippen LogP contribution in [0.5, 0.6) is 0 Å². The minimum Gasteiger partial charge on any atom is -0.314 e. The lowest BCUT2D eigenvalue weighted by Crippen LogP contribution is -2.38. The number of fused-ring (bicyclic) bond motifs is 1. The largest absolute Gasteiger partial charge is 0.314 e. The van der Waals surface area contributed by atoms with Gasteiger partial charge < -0.3 is 10.6 Å². The molecule has 88 valence electrons. The Labute approximate surface area is 98.4 Å². The van der Waals surface area contributed by atoms with Crippen molar-refractivity contribution in [1.82, 2.24) is 10.6 Å². The van der Waals surface area contributed by atoms with Gasteiger partial charge in [-0.3, -0.25) is 0 Å². The molecule has 0 aromatic heterocycles. The average molecular weight is 218 g/mol. The molecule has 2 nitrogen and oxygen atoms in total. The Morgan fingerprint density at radius 3 is 2.81 bits per heavy atom. The summed E-state index contributed by atoms with van der Waals surface area (Å²) in [5.74, 6) is 0. The lowest BCUT2D eigenvalue weighted by molar-refractivity contribution is 0.429. The molecule has 0 saturated carbocycles. The zero-order valence-corrected chi connectivity index (χ0v) is 10.3. The molecule has 2 rings (SSSR count). The van der Waals surface area contributed by atoms with Crippen molar-refractivity contribution in [1.29, 1.82) is 0 Å². The zero-order valence-electron chi connectivity index (χ0n) is 10.3. The number of rotatable bonds is 4. The van der Waals surface area contributed by atoms with E-state index >= 15 is 0 Å². The quantitative estimate of drug-likeness (QED) is 0.808. The van der Waals surface area contributed by atoms with E-state index in [1.807, 2.05) is 0 Å². The van der Waals surface area contributed by atoms with Gasteiger partial charge in [-0.05, 0) is 30.5 Å². The van der Waals surface area contributed by atoms with Crippen molar-refractivity contribution in [3.05, 3.63) is 35.4 Å². The third kappa shape index (κ3) is 3.06. The highest BCUT2D eigenvalue weighted by molar-refractivity contribution is 5.29. The predicted octanol–water partition coefficient (Wildman–Crippen LogP) is 2.09. The van der Waals surface area contributed by atoms with Gasteiger partial charge in [-0.25, -0.2) is 0 Å². The maximum absolute atomic E-state index is 3.61. The van der Waals surface area contributed by atoms with Gasteiger partial charge in [0.25, 0.3) is 0 Å². The molecule has 0 radical (unpaired) electrons. The first-order chi connectivity index (χ1) is 7.75. The van der Waals surface area contributed by atoms with Crippen LogP contribution < -0.4 is 10.6 Å². The molecule has 1 aromatic rings. The molecular weight excluding hydrogens is 196 g/mol. The summed E-state index contributed by atoms with van der Waals surface area (Å²) in [7, 11) is 0. The summed E-state index contributed by atoms with van der Waals surface area (Å²) >= 11 is 0. The summed E-state index contributed by atoms with van der Waals surface area (Å²) in [6.07, 6.45) is 2.39. The molecule has 1 unspecified atom stereocenters. The van der Waals surface area contributed by atoms with Crippen LogP contribution in [-0.2, 0) is 13.0 Å². The average Bonchev–Trinajstić information content (AvgIpc) is 2.28. The Bertz CT molecular complexity index is 333. The third-order valence-electron chi connectivity index (χ3n) is 3.21. The van der Waals surface area contributed by atoms with Crippen LogP contribution in [0.4, 0.5) is 0 Å². The van der Waals surface area contributed by atoms with Crippen molar-refractivity contribution in [2.24, 2.45) is 0 Å². The van der Waals surface area contributed by atoms with Gasteiger partial charge in [-0.15, -0.1) is 0 Å². The van der Waals surface area contributed by atoms with Gasteiger partial charge >= 0.3 is 0 Å². The van der Waals surface area contributed by atoms with Crippen LogP contribution >= 0.6 is 0 Å². The Hall–Kier alpha value is -0.860. The summed E-state index contributed by atoms with van der Waals surface area (Å²) in [6, 6.07) is 10.00. The van der Waals surface area contributed by atoms with Crippen LogP contribution in [0.3, 0.4) is 0 Å². The van der Waals surface area contributed by atoms with E-state index < -0.39 is 0 Å². The summed E-state index contributed by atoms with van der Waals surface area (Å²) in [5, 5.41) is 7.09. The predicted molar refractivity (Wildman–Crippen MR) is 68.5 cm³/mol. The second-order valence-electron chi connectivity index (χ2n) is 4.95. The molecule has 1 atom stereocenters. The maximum Gasteiger partial charge on any atom is 0.0210 e. The third-order valence-corrected chi connectivity index (χ3v) is 3.21. The first-order valence-corrected chi connectivity index (χ1v) is 6.29. The second-order valence-corrected chi connectivity index (χ2v) is 4.95. The molecule has 0 aliphatic carbocycles. The molecule has 1 aliphatic heterocycles. The molecule has 0 amide bonds. The monoisotopic (exact) mass is 218 g/mol. The fraction of sp³-hybridized carbons (Fsp3) is 0.571. The van der Waals surface area contributed by atoms with E-state index in [4.69, 9.17) is 0 Å². The zero-order chi connectivity index (χ0) is 11.4. The SMILES string of the molecule is CC(C)NCCC1Cc2ccccc2CN1. The van der Waals surface area contributed by atoms with Crippen molar-refractivity contribution in [2.45, 2.75) is 45.3 Å². The first kappa shape index (κ1) is 11.6. The molecular formula is C14H22N2. The van der Waals surface area contributed by atoms with E-state index in [-0.39, 0.29) is 0 Å². The Morgan fingerprint density at radius 1 is 1.31 bits per heavy atom. The van der Waals surface area contributed by atoms with Crippen LogP contribution in [0.15, 0.2) is 24.3 Å². The lowest BCUT2D eigenvalue weighted by atomic mass is 9.94. The molecule has 1 heterocycles. The van der Waals surface area contributed by atoms with Gasteiger partial charge in [0.2, 0.25) is 0 Å². The molecule has 0 saturated heterocycles. The van der Waals surface area contributed by atoms with Crippen molar-refractivity contribution in [3.63, 3.8) is 0 Å². The minimum atomic E-state index is 0.593. The van der Waals surface area contributed by atoms with Crippen LogP contribution in [0, 0.1) is 0 Å². The van der Waals surface area contributed by atoms with Crippen molar-refractivity contribution in [3.8, 4) is 0 Å². The second kappa shape index (κ2) is 5.46. The van der Waals surface area contributed by atoms with Crippen LogP contribution in [-0.4, -0.2) is 18.6 Å². The molecule has 1 aliphatic rings. The lowest BCUT2D eigenvalue weighted by Gasteiger charge is -2.26. The number of hydrogen-bond donors (Lipinski definition) is 2. The Morgan fingerprint density at radius 2 is 2.06 bits per heavy atom. The molecule has 1 aromatic carbocycles. The maximum atomic E-state index is 3.61. The standard InChI is InChI=1S/C14H22N2/c1-11(2)15-8-7-14-9-12-5-3-4-6-13(12)10-16-14/h3-6,11,14-16H,7-10H2,1-2H3. The summed E-state index contributed by atoms with van der Waals surface area (Å²) in [5.41, 5.74) is 2.99. The summed E-state index contributed by atoms with van der Waals surface area (Å²) in [4.78, 5) is 0. The van der Waals surface area contributed by atoms with Gasteiger partial charge in [0.15, 0.2) is 0 Å². The van der Waals surface area contributed by atoms with E-state index in [1.54, 1.807) is 0 Å². The van der Waals surface area contributed by atoms with Crippen LogP contribution in [0.2, 0.25) is 0 Å². The molecule has 2 heteroatoms. The molecule has 0 fully saturated rings. The van der Waals surface area contributed by atoms with Gasteiger partial charge in [0.05, 0.1) is 0 Å². The molecule has 16 heavy (non-hydrogen) atoms. The van der Waals surface area contributed by atoms with Crippen molar-refractivity contribution < 1.29 is 0 Å². The molecule has 0 spiro atoms. The topological polar surface area (TPSA) is 24.1 Å². The van der Waals surface area contributed by atoms with Crippen molar-refractivity contribution in [2.75, 3.05) is 6.54 Å². The normalized spacial score (nSPS) is 19.8. The van der Waals surface area contributed by atoms with Crippen LogP contribution in [0.1, 0.15) is 31.4 Å². The number of hydrogen-bond acceptors (Lipinski definition) is 2. The smallest absolute Gasteiger partial charge is 0.0210 e. The van der Waals surface area contributed by atoms with E-state index in [0.717, 1.165) is 13.1 Å². The van der Waals surface area contributed by atoms with Crippen molar-refractivity contribution >= 4 is 0 Å². The summed E-state index contributed by atoms with van der Waals surface area (Å²) < 4.78 is 0. The van der Waals surface area contributed by atoms with Gasteiger partial charge in [-0.2, -0.15) is 0 Å². The molecule has 0 bridgehead atoms. The van der Waals surface area contributed by atoms with E-state index in [1.165, 1.54) is 24.0 Å². The fourth-order valence-electron chi connectivity index (χ4n) is 2.27. The Balaban J connectivity index is 1.83. The van der Waals surface area contributed by atoms with E-state index in [9.17, 15) is 0 Å². The van der Waals surface area contributed by atoms with Gasteiger partial charge in [0, 0.05) is 18.6 Å². The van der Waals surface area contributed by atoms with Crippen LogP contribution in [0.25, 0.3) is 0 Å². The Kier molecular flexibility index (Phi) is 3.97. The highest BCUT2D eigenvalue weighted by Gasteiger charge is 2.16. The molecule has 2 N–H and O–H groups in total. The first-order valence-electron chi connectivity index (χ1n) is 6.29. The summed E-state index contributed by atoms with van der Waals surface area (Å²) in [6.45, 7) is 6.53. The van der Waals surface area contributed by atoms with E-state index in [2.05, 4.69) is 48.7 Å².